The Morgan fingerprint density at radius 2 is 2.16 bits per heavy atom. The first-order valence-corrected chi connectivity index (χ1v) is 5.68. The third kappa shape index (κ3) is 2.05. The summed E-state index contributed by atoms with van der Waals surface area (Å²) >= 11 is 0. The fraction of sp³-hybridized carbons (Fsp3) is 0.300. The van der Waals surface area contributed by atoms with E-state index in [4.69, 9.17) is 0 Å². The molecule has 9 heteroatoms. The predicted molar refractivity (Wildman–Crippen MR) is 63.4 cm³/mol. The SMILES string of the molecule is O=C1CCC(Nc2ccc3n[nH]c(=O)n3n2)C(=O)N1. The fourth-order valence-electron chi connectivity index (χ4n) is 1.89. The number of carbonyl (C=O) groups is 2. The number of piperidine rings is 1. The van der Waals surface area contributed by atoms with Crippen LogP contribution in [-0.4, -0.2) is 37.7 Å². The number of fused-ring (bicyclic) bond motifs is 1. The lowest BCUT2D eigenvalue weighted by Crippen LogP contribution is -2.47. The summed E-state index contributed by atoms with van der Waals surface area (Å²) in [6.07, 6.45) is 0.669. The maximum atomic E-state index is 11.6. The van der Waals surface area contributed by atoms with Crippen LogP contribution >= 0.6 is 0 Å². The smallest absolute Gasteiger partial charge is 0.357 e. The fourth-order valence-corrected chi connectivity index (χ4v) is 1.89. The number of hydrogen-bond donors (Lipinski definition) is 3. The van der Waals surface area contributed by atoms with Gasteiger partial charge in [-0.15, -0.1) is 5.10 Å². The molecule has 0 spiro atoms. The quantitative estimate of drug-likeness (QED) is 0.574. The average molecular weight is 262 g/mol. The van der Waals surface area contributed by atoms with Crippen molar-refractivity contribution in [1.82, 2.24) is 25.1 Å². The standard InChI is InChI=1S/C10H10N6O3/c17-8-4-1-5(9(18)12-8)11-6-2-3-7-13-14-10(19)16(7)15-6/h2-3,5H,1,4H2,(H,11,15)(H,14,19)(H,12,17,18). The summed E-state index contributed by atoms with van der Waals surface area (Å²) < 4.78 is 1.09. The minimum atomic E-state index is -0.537. The molecule has 19 heavy (non-hydrogen) atoms. The van der Waals surface area contributed by atoms with Crippen LogP contribution in [0, 0.1) is 0 Å². The van der Waals surface area contributed by atoms with E-state index in [2.05, 4.69) is 25.9 Å². The Labute approximate surface area is 106 Å². The Hall–Kier alpha value is -2.71. The van der Waals surface area contributed by atoms with Crippen LogP contribution in [-0.2, 0) is 9.59 Å². The molecule has 0 radical (unpaired) electrons. The molecule has 1 aliphatic heterocycles. The van der Waals surface area contributed by atoms with Crippen molar-refractivity contribution in [3.63, 3.8) is 0 Å². The molecule has 2 amide bonds. The molecule has 3 heterocycles. The second-order valence-electron chi connectivity index (χ2n) is 4.17. The van der Waals surface area contributed by atoms with Crippen LogP contribution in [0.4, 0.5) is 5.82 Å². The lowest BCUT2D eigenvalue weighted by molar-refractivity contribution is -0.133. The number of carbonyl (C=O) groups excluding carboxylic acids is 2. The molecule has 2 aromatic heterocycles. The highest BCUT2D eigenvalue weighted by Gasteiger charge is 2.26. The Morgan fingerprint density at radius 1 is 1.32 bits per heavy atom. The molecule has 0 saturated carbocycles. The van der Waals surface area contributed by atoms with E-state index >= 15 is 0 Å². The van der Waals surface area contributed by atoms with Crippen molar-refractivity contribution in [2.75, 3.05) is 5.32 Å². The molecule has 1 aliphatic rings. The van der Waals surface area contributed by atoms with Crippen LogP contribution in [0.25, 0.3) is 5.65 Å². The summed E-state index contributed by atoms with van der Waals surface area (Å²) in [6.45, 7) is 0. The summed E-state index contributed by atoms with van der Waals surface area (Å²) in [5, 5.41) is 15.1. The van der Waals surface area contributed by atoms with Gasteiger partial charge in [0.1, 0.15) is 11.9 Å². The number of aromatic nitrogens is 4. The summed E-state index contributed by atoms with van der Waals surface area (Å²) in [5.41, 5.74) is -0.0688. The molecule has 3 rings (SSSR count). The van der Waals surface area contributed by atoms with E-state index in [1.165, 1.54) is 0 Å². The van der Waals surface area contributed by atoms with Crippen molar-refractivity contribution < 1.29 is 9.59 Å². The molecule has 1 unspecified atom stereocenters. The van der Waals surface area contributed by atoms with Gasteiger partial charge in [-0.2, -0.15) is 9.61 Å². The Morgan fingerprint density at radius 3 is 2.95 bits per heavy atom. The molecular formula is C10H10N6O3. The average Bonchev–Trinajstić information content (AvgIpc) is 2.75. The molecule has 0 aliphatic carbocycles. The Bertz CT molecular complexity index is 717. The first-order chi connectivity index (χ1) is 9.13. The minimum absolute atomic E-state index is 0.275. The van der Waals surface area contributed by atoms with Crippen LogP contribution in [0.15, 0.2) is 16.9 Å². The lowest BCUT2D eigenvalue weighted by atomic mass is 10.1. The first kappa shape index (κ1) is 11.4. The molecule has 0 aromatic carbocycles. The molecule has 1 atom stereocenters. The molecule has 1 saturated heterocycles. The van der Waals surface area contributed by atoms with Gasteiger partial charge in [-0.25, -0.2) is 9.89 Å². The minimum Gasteiger partial charge on any atom is -0.357 e. The number of nitrogens with one attached hydrogen (secondary N) is 3. The van der Waals surface area contributed by atoms with Gasteiger partial charge >= 0.3 is 5.69 Å². The van der Waals surface area contributed by atoms with Crippen LogP contribution in [0.3, 0.4) is 0 Å². The van der Waals surface area contributed by atoms with Gasteiger partial charge in [0.25, 0.3) is 0 Å². The van der Waals surface area contributed by atoms with E-state index in [-0.39, 0.29) is 12.3 Å². The second-order valence-corrected chi connectivity index (χ2v) is 4.17. The Kier molecular flexibility index (Phi) is 2.51. The molecule has 98 valence electrons. The third-order valence-corrected chi connectivity index (χ3v) is 2.83. The summed E-state index contributed by atoms with van der Waals surface area (Å²) in [6, 6.07) is 2.67. The largest absolute Gasteiger partial charge is 0.364 e. The highest BCUT2D eigenvalue weighted by molar-refractivity contribution is 6.01. The normalized spacial score (nSPS) is 19.5. The molecule has 1 fully saturated rings. The number of hydrogen-bond acceptors (Lipinski definition) is 6. The van der Waals surface area contributed by atoms with Crippen molar-refractivity contribution in [3.8, 4) is 0 Å². The number of anilines is 1. The maximum absolute atomic E-state index is 11.6. The second kappa shape index (κ2) is 4.19. The van der Waals surface area contributed by atoms with Crippen molar-refractivity contribution in [3.05, 3.63) is 22.6 Å². The van der Waals surface area contributed by atoms with Crippen LogP contribution in [0.2, 0.25) is 0 Å². The zero-order valence-corrected chi connectivity index (χ0v) is 9.71. The molecule has 2 aromatic rings. The molecular weight excluding hydrogens is 252 g/mol. The van der Waals surface area contributed by atoms with E-state index in [0.717, 1.165) is 4.52 Å². The van der Waals surface area contributed by atoms with Crippen LogP contribution in [0.5, 0.6) is 0 Å². The molecule has 0 bridgehead atoms. The number of rotatable bonds is 2. The van der Waals surface area contributed by atoms with Gasteiger partial charge in [0, 0.05) is 6.42 Å². The number of nitrogens with zero attached hydrogens (tertiary/aromatic N) is 3. The zero-order chi connectivity index (χ0) is 13.4. The molecule has 3 N–H and O–H groups in total. The maximum Gasteiger partial charge on any atom is 0.364 e. The van der Waals surface area contributed by atoms with Crippen LogP contribution < -0.4 is 16.3 Å². The summed E-state index contributed by atoms with van der Waals surface area (Å²) in [7, 11) is 0. The monoisotopic (exact) mass is 262 g/mol. The number of H-pyrrole nitrogens is 1. The predicted octanol–water partition coefficient (Wildman–Crippen LogP) is -1.37. The first-order valence-electron chi connectivity index (χ1n) is 5.68. The van der Waals surface area contributed by atoms with Gasteiger partial charge in [-0.3, -0.25) is 14.9 Å². The van der Waals surface area contributed by atoms with E-state index in [9.17, 15) is 14.4 Å². The van der Waals surface area contributed by atoms with Crippen molar-refractivity contribution in [2.45, 2.75) is 18.9 Å². The number of aromatic amines is 1. The number of imide groups is 1. The summed E-state index contributed by atoms with van der Waals surface area (Å²) in [4.78, 5) is 34.0. The summed E-state index contributed by atoms with van der Waals surface area (Å²) in [5.74, 6) is -0.305. The number of amides is 2. The Balaban J connectivity index is 1.85. The highest BCUT2D eigenvalue weighted by atomic mass is 16.2. The van der Waals surface area contributed by atoms with Crippen molar-refractivity contribution in [1.29, 1.82) is 0 Å². The molecule has 9 nitrogen and oxygen atoms in total. The third-order valence-electron chi connectivity index (χ3n) is 2.83. The van der Waals surface area contributed by atoms with Crippen LogP contribution in [0.1, 0.15) is 12.8 Å². The van der Waals surface area contributed by atoms with Gasteiger partial charge in [0.15, 0.2) is 5.65 Å². The van der Waals surface area contributed by atoms with Gasteiger partial charge in [-0.1, -0.05) is 0 Å². The van der Waals surface area contributed by atoms with E-state index in [0.29, 0.717) is 17.9 Å². The van der Waals surface area contributed by atoms with Gasteiger partial charge < -0.3 is 5.32 Å². The van der Waals surface area contributed by atoms with Gasteiger partial charge in [0.05, 0.1) is 0 Å². The van der Waals surface area contributed by atoms with E-state index in [1.807, 2.05) is 0 Å². The highest BCUT2D eigenvalue weighted by Crippen LogP contribution is 2.11. The van der Waals surface area contributed by atoms with Crippen molar-refractivity contribution in [2.24, 2.45) is 0 Å². The van der Waals surface area contributed by atoms with E-state index < -0.39 is 17.6 Å². The van der Waals surface area contributed by atoms with Gasteiger partial charge in [0.2, 0.25) is 11.8 Å². The van der Waals surface area contributed by atoms with Crippen molar-refractivity contribution >= 4 is 23.3 Å². The zero-order valence-electron chi connectivity index (χ0n) is 9.71. The topological polar surface area (TPSA) is 121 Å². The lowest BCUT2D eigenvalue weighted by Gasteiger charge is -2.21. The van der Waals surface area contributed by atoms with E-state index in [1.54, 1.807) is 12.1 Å². The van der Waals surface area contributed by atoms with Gasteiger partial charge in [-0.05, 0) is 18.6 Å².